The Morgan fingerprint density at radius 2 is 1.95 bits per heavy atom. The first-order valence-electron chi connectivity index (χ1n) is 12.3. The highest BCUT2D eigenvalue weighted by atomic mass is 32.2. The van der Waals surface area contributed by atoms with Crippen molar-refractivity contribution < 1.29 is 27.8 Å². The van der Waals surface area contributed by atoms with Crippen LogP contribution in [0, 0.1) is 11.6 Å². The minimum absolute atomic E-state index is 0.0931. The van der Waals surface area contributed by atoms with Gasteiger partial charge in [-0.1, -0.05) is 12.1 Å². The molecular weight excluding hydrogens is 510 g/mol. The number of hydrogen-bond donors (Lipinski definition) is 0. The number of pyridine rings is 2. The molecular formula is C29H24F2N2O4S. The molecule has 6 nitrogen and oxygen atoms in total. The molecule has 2 aromatic carbocycles. The summed E-state index contributed by atoms with van der Waals surface area (Å²) in [5, 5.41) is 0.425. The minimum atomic E-state index is -0.936. The van der Waals surface area contributed by atoms with Crippen molar-refractivity contribution in [2.45, 2.75) is 43.8 Å². The summed E-state index contributed by atoms with van der Waals surface area (Å²) < 4.78 is 45.0. The SMILES string of the molecule is CC(=O)OC1(CSC2c3cc(OCc4ccc5cc(F)c(F)cc5n4)ccc3OCc3ncccc32)CC1. The van der Waals surface area contributed by atoms with Crippen LogP contribution in [0.2, 0.25) is 0 Å². The Bertz CT molecular complexity index is 1540. The highest BCUT2D eigenvalue weighted by Crippen LogP contribution is 2.50. The number of halogens is 2. The number of rotatable bonds is 7. The van der Waals surface area contributed by atoms with Gasteiger partial charge in [-0.05, 0) is 54.8 Å². The normalized spacial score (nSPS) is 17.1. The van der Waals surface area contributed by atoms with Crippen LogP contribution in [-0.2, 0) is 22.7 Å². The molecule has 4 aromatic rings. The van der Waals surface area contributed by atoms with Crippen LogP contribution in [0.25, 0.3) is 10.9 Å². The molecule has 9 heteroatoms. The first-order chi connectivity index (χ1) is 18.4. The van der Waals surface area contributed by atoms with Crippen molar-refractivity contribution in [2.75, 3.05) is 5.75 Å². The number of benzene rings is 2. The molecule has 1 fully saturated rings. The lowest BCUT2D eigenvalue weighted by molar-refractivity contribution is -0.147. The molecule has 1 aliphatic heterocycles. The first-order valence-corrected chi connectivity index (χ1v) is 13.3. The van der Waals surface area contributed by atoms with Gasteiger partial charge < -0.3 is 14.2 Å². The quantitative estimate of drug-likeness (QED) is 0.258. The van der Waals surface area contributed by atoms with Gasteiger partial charge in [-0.15, -0.1) is 11.8 Å². The molecule has 0 radical (unpaired) electrons. The summed E-state index contributed by atoms with van der Waals surface area (Å²) in [6.45, 7) is 1.95. The Kier molecular flexibility index (Phi) is 6.39. The lowest BCUT2D eigenvalue weighted by Gasteiger charge is -2.22. The molecule has 0 saturated heterocycles. The predicted molar refractivity (Wildman–Crippen MR) is 139 cm³/mol. The Morgan fingerprint density at radius 1 is 1.11 bits per heavy atom. The molecule has 38 heavy (non-hydrogen) atoms. The zero-order chi connectivity index (χ0) is 26.3. The fourth-order valence-corrected chi connectivity index (χ4v) is 6.18. The second-order valence-electron chi connectivity index (χ2n) is 9.55. The van der Waals surface area contributed by atoms with E-state index < -0.39 is 17.2 Å². The topological polar surface area (TPSA) is 70.5 Å². The molecule has 1 aliphatic carbocycles. The first kappa shape index (κ1) is 24.6. The Morgan fingerprint density at radius 3 is 2.76 bits per heavy atom. The van der Waals surface area contributed by atoms with Gasteiger partial charge in [0.05, 0.1) is 22.2 Å². The van der Waals surface area contributed by atoms with E-state index >= 15 is 0 Å². The molecule has 1 unspecified atom stereocenters. The van der Waals surface area contributed by atoms with Crippen molar-refractivity contribution in [2.24, 2.45) is 0 Å². The van der Waals surface area contributed by atoms with E-state index in [2.05, 4.69) is 16.0 Å². The van der Waals surface area contributed by atoms with Crippen molar-refractivity contribution in [1.29, 1.82) is 0 Å². The number of carbonyl (C=O) groups excluding carboxylic acids is 1. The molecule has 1 atom stereocenters. The second-order valence-corrected chi connectivity index (χ2v) is 10.6. The Hall–Kier alpha value is -3.72. The van der Waals surface area contributed by atoms with Gasteiger partial charge in [0, 0.05) is 35.9 Å². The highest BCUT2D eigenvalue weighted by molar-refractivity contribution is 7.99. The van der Waals surface area contributed by atoms with Crippen molar-refractivity contribution in [1.82, 2.24) is 9.97 Å². The minimum Gasteiger partial charge on any atom is -0.487 e. The molecule has 2 aromatic heterocycles. The summed E-state index contributed by atoms with van der Waals surface area (Å²) in [5.74, 6) is -0.0754. The van der Waals surface area contributed by atoms with Crippen molar-refractivity contribution in [3.8, 4) is 11.5 Å². The standard InChI is InChI=1S/C29H24F2N2O4S/c1-17(34)37-29(8-9-29)16-38-28-21-3-2-10-32-26(21)15-36-27-7-6-20(12-22(27)28)35-14-19-5-4-18-11-23(30)24(31)13-25(18)33-19/h2-7,10-13,28H,8-9,14-16H2,1H3. The monoisotopic (exact) mass is 534 g/mol. The number of nitrogens with zero attached hydrogens (tertiary/aromatic N) is 2. The van der Waals surface area contributed by atoms with Crippen molar-refractivity contribution >= 4 is 28.6 Å². The van der Waals surface area contributed by atoms with E-state index in [1.54, 1.807) is 30.1 Å². The number of carbonyl (C=O) groups is 1. The van der Waals surface area contributed by atoms with Crippen LogP contribution < -0.4 is 9.47 Å². The van der Waals surface area contributed by atoms with E-state index in [9.17, 15) is 13.6 Å². The van der Waals surface area contributed by atoms with Gasteiger partial charge in [0.2, 0.25) is 0 Å². The number of ether oxygens (including phenoxy) is 3. The maximum Gasteiger partial charge on any atom is 0.303 e. The van der Waals surface area contributed by atoms with Gasteiger partial charge in [-0.3, -0.25) is 9.78 Å². The van der Waals surface area contributed by atoms with Gasteiger partial charge in [-0.2, -0.15) is 0 Å². The molecule has 1 saturated carbocycles. The van der Waals surface area contributed by atoms with Crippen LogP contribution in [0.4, 0.5) is 8.78 Å². The largest absolute Gasteiger partial charge is 0.487 e. The summed E-state index contributed by atoms with van der Waals surface area (Å²) in [7, 11) is 0. The van der Waals surface area contributed by atoms with E-state index in [4.69, 9.17) is 14.2 Å². The third-order valence-corrected chi connectivity index (χ3v) is 8.23. The molecule has 0 amide bonds. The van der Waals surface area contributed by atoms with Crippen LogP contribution in [0.15, 0.2) is 60.8 Å². The molecule has 0 N–H and O–H groups in total. The lowest BCUT2D eigenvalue weighted by Crippen LogP contribution is -2.21. The summed E-state index contributed by atoms with van der Waals surface area (Å²) in [6.07, 6.45) is 3.47. The Balaban J connectivity index is 1.26. The number of aromatic nitrogens is 2. The molecule has 0 spiro atoms. The van der Waals surface area contributed by atoms with Crippen LogP contribution in [-0.4, -0.2) is 27.3 Å². The Labute approximate surface area is 222 Å². The summed E-state index contributed by atoms with van der Waals surface area (Å²) in [6, 6.07) is 15.3. The fourth-order valence-electron chi connectivity index (χ4n) is 4.61. The summed E-state index contributed by atoms with van der Waals surface area (Å²) in [4.78, 5) is 20.6. The maximum absolute atomic E-state index is 13.7. The van der Waals surface area contributed by atoms with E-state index in [0.717, 1.165) is 47.5 Å². The van der Waals surface area contributed by atoms with Gasteiger partial charge in [-0.25, -0.2) is 13.8 Å². The second kappa shape index (κ2) is 9.87. The number of thioether (sulfide) groups is 1. The van der Waals surface area contributed by atoms with E-state index in [1.807, 2.05) is 24.3 Å². The average molecular weight is 535 g/mol. The van der Waals surface area contributed by atoms with Crippen LogP contribution in [0.3, 0.4) is 0 Å². The number of hydrogen-bond acceptors (Lipinski definition) is 7. The van der Waals surface area contributed by atoms with Crippen LogP contribution in [0.1, 0.15) is 47.5 Å². The summed E-state index contributed by atoms with van der Waals surface area (Å²) in [5.41, 5.74) is 3.41. The molecule has 0 bridgehead atoms. The average Bonchev–Trinajstić information content (AvgIpc) is 3.68. The van der Waals surface area contributed by atoms with Crippen molar-refractivity contribution in [3.05, 3.63) is 94.9 Å². The van der Waals surface area contributed by atoms with Crippen LogP contribution in [0.5, 0.6) is 11.5 Å². The van der Waals surface area contributed by atoms with Gasteiger partial charge in [0.15, 0.2) is 11.6 Å². The van der Waals surface area contributed by atoms with Crippen molar-refractivity contribution in [3.63, 3.8) is 0 Å². The van der Waals surface area contributed by atoms with E-state index in [1.165, 1.54) is 6.92 Å². The zero-order valence-electron chi connectivity index (χ0n) is 20.6. The number of esters is 1. The smallest absolute Gasteiger partial charge is 0.303 e. The third-order valence-electron chi connectivity index (χ3n) is 6.69. The zero-order valence-corrected chi connectivity index (χ0v) is 21.4. The van der Waals surface area contributed by atoms with Gasteiger partial charge in [0.25, 0.3) is 0 Å². The van der Waals surface area contributed by atoms with E-state index in [-0.39, 0.29) is 17.8 Å². The highest BCUT2D eigenvalue weighted by Gasteiger charge is 2.47. The predicted octanol–water partition coefficient (Wildman–Crippen LogP) is 6.30. The molecule has 3 heterocycles. The molecule has 2 aliphatic rings. The maximum atomic E-state index is 13.7. The van der Waals surface area contributed by atoms with Gasteiger partial charge in [0.1, 0.15) is 30.3 Å². The van der Waals surface area contributed by atoms with Gasteiger partial charge >= 0.3 is 5.97 Å². The van der Waals surface area contributed by atoms with E-state index in [0.29, 0.717) is 34.7 Å². The fraction of sp³-hybridized carbons (Fsp3) is 0.276. The lowest BCUT2D eigenvalue weighted by atomic mass is 10.0. The number of fused-ring (bicyclic) bond motifs is 3. The summed E-state index contributed by atoms with van der Waals surface area (Å²) >= 11 is 1.70. The third kappa shape index (κ3) is 5.03. The van der Waals surface area contributed by atoms with Crippen LogP contribution >= 0.6 is 11.8 Å². The molecule has 194 valence electrons. The molecule has 6 rings (SSSR count).